The van der Waals surface area contributed by atoms with Gasteiger partial charge in [-0.05, 0) is 71.4 Å². The van der Waals surface area contributed by atoms with E-state index in [1.165, 1.54) is 39.7 Å². The molecule has 1 aromatic rings. The number of hydrogen-bond donors (Lipinski definition) is 0. The summed E-state index contributed by atoms with van der Waals surface area (Å²) in [5.41, 5.74) is 5.80. The number of ether oxygens (including phenoxy) is 1. The average molecular weight is 349 g/mol. The Morgan fingerprint density at radius 3 is 2.81 bits per heavy atom. The standard InChI is InChI=1S/C16H22BBrN2O/c1-21-10-9-19-6-2-3-13-11-12-4-7-20(17)8-5-14(12)15(18)16(13)19/h11H,2-10H2,1H3. The van der Waals surface area contributed by atoms with Gasteiger partial charge in [-0.25, -0.2) is 0 Å². The van der Waals surface area contributed by atoms with Crippen LogP contribution in [-0.2, 0) is 24.0 Å². The Balaban J connectivity index is 1.98. The van der Waals surface area contributed by atoms with Crippen molar-refractivity contribution in [3.8, 4) is 0 Å². The lowest BCUT2D eigenvalue weighted by Crippen LogP contribution is -2.33. The van der Waals surface area contributed by atoms with Crippen LogP contribution < -0.4 is 4.90 Å². The third-order valence-corrected chi connectivity index (χ3v) is 5.44. The smallest absolute Gasteiger partial charge is 0.182 e. The van der Waals surface area contributed by atoms with Crippen LogP contribution >= 0.6 is 15.9 Å². The summed E-state index contributed by atoms with van der Waals surface area (Å²) in [5.74, 6) is 0. The largest absolute Gasteiger partial charge is 0.383 e. The minimum Gasteiger partial charge on any atom is -0.383 e. The van der Waals surface area contributed by atoms with Gasteiger partial charge in [0.05, 0.1) is 12.3 Å². The van der Waals surface area contributed by atoms with Gasteiger partial charge >= 0.3 is 0 Å². The molecule has 0 bridgehead atoms. The summed E-state index contributed by atoms with van der Waals surface area (Å²) in [4.78, 5) is 4.41. The highest BCUT2D eigenvalue weighted by Crippen LogP contribution is 2.39. The first-order valence-corrected chi connectivity index (χ1v) is 8.56. The van der Waals surface area contributed by atoms with E-state index in [4.69, 9.17) is 12.7 Å². The molecule has 112 valence electrons. The maximum absolute atomic E-state index is 6.00. The molecule has 0 unspecified atom stereocenters. The summed E-state index contributed by atoms with van der Waals surface area (Å²) in [7, 11) is 7.77. The van der Waals surface area contributed by atoms with E-state index < -0.39 is 0 Å². The van der Waals surface area contributed by atoms with E-state index in [9.17, 15) is 0 Å². The lowest BCUT2D eigenvalue weighted by atomic mass is 9.93. The van der Waals surface area contributed by atoms with E-state index in [1.54, 1.807) is 7.11 Å². The highest BCUT2D eigenvalue weighted by atomic mass is 79.9. The lowest BCUT2D eigenvalue weighted by molar-refractivity contribution is 0.205. The molecule has 3 rings (SSSR count). The Hall–Kier alpha value is -0.515. The minimum absolute atomic E-state index is 0.777. The van der Waals surface area contributed by atoms with Crippen molar-refractivity contribution in [1.82, 2.24) is 4.81 Å². The summed E-state index contributed by atoms with van der Waals surface area (Å²) >= 11 is 3.90. The van der Waals surface area contributed by atoms with Gasteiger partial charge in [-0.3, -0.25) is 0 Å². The molecular weight excluding hydrogens is 327 g/mol. The molecule has 0 spiro atoms. The Kier molecular flexibility index (Phi) is 4.92. The number of methoxy groups -OCH3 is 1. The van der Waals surface area contributed by atoms with Crippen molar-refractivity contribution in [3.05, 3.63) is 27.2 Å². The Morgan fingerprint density at radius 1 is 1.19 bits per heavy atom. The van der Waals surface area contributed by atoms with Crippen molar-refractivity contribution >= 4 is 29.6 Å². The van der Waals surface area contributed by atoms with Crippen molar-refractivity contribution in [3.63, 3.8) is 0 Å². The summed E-state index contributed by atoms with van der Waals surface area (Å²) in [5, 5.41) is 0. The Morgan fingerprint density at radius 2 is 2.00 bits per heavy atom. The SMILES string of the molecule is [B]N1CCc2cc3c(c(Br)c2CC1)N(CCOC)CCC3. The number of halogens is 1. The number of nitrogens with zero attached hydrogens (tertiary/aromatic N) is 2. The second kappa shape index (κ2) is 6.72. The highest BCUT2D eigenvalue weighted by Gasteiger charge is 2.24. The van der Waals surface area contributed by atoms with E-state index in [0.29, 0.717) is 0 Å². The zero-order valence-electron chi connectivity index (χ0n) is 12.7. The van der Waals surface area contributed by atoms with Gasteiger partial charge in [-0.1, -0.05) is 6.07 Å². The first-order valence-electron chi connectivity index (χ1n) is 7.77. The minimum atomic E-state index is 0.777. The summed E-state index contributed by atoms with van der Waals surface area (Å²) in [6, 6.07) is 2.42. The molecule has 0 saturated carbocycles. The van der Waals surface area contributed by atoms with Crippen LogP contribution in [0.25, 0.3) is 0 Å². The molecule has 0 atom stereocenters. The molecule has 3 nitrogen and oxygen atoms in total. The molecule has 0 saturated heterocycles. The molecule has 0 amide bonds. The molecule has 21 heavy (non-hydrogen) atoms. The maximum Gasteiger partial charge on any atom is 0.182 e. The van der Waals surface area contributed by atoms with Crippen molar-refractivity contribution < 1.29 is 4.74 Å². The summed E-state index contributed by atoms with van der Waals surface area (Å²) in [6.07, 6.45) is 4.48. The van der Waals surface area contributed by atoms with E-state index >= 15 is 0 Å². The molecule has 0 fully saturated rings. The first kappa shape index (κ1) is 15.4. The molecule has 2 heterocycles. The summed E-state index contributed by atoms with van der Waals surface area (Å²) in [6.45, 7) is 4.74. The van der Waals surface area contributed by atoms with E-state index in [-0.39, 0.29) is 0 Å². The molecule has 0 N–H and O–H groups in total. The predicted octanol–water partition coefficient (Wildman–Crippen LogP) is 2.33. The van der Waals surface area contributed by atoms with Crippen LogP contribution in [0.3, 0.4) is 0 Å². The number of anilines is 1. The molecule has 1 aromatic carbocycles. The normalized spacial score (nSPS) is 19.0. The predicted molar refractivity (Wildman–Crippen MR) is 91.3 cm³/mol. The molecule has 0 aromatic heterocycles. The van der Waals surface area contributed by atoms with Crippen LogP contribution in [0.1, 0.15) is 23.1 Å². The van der Waals surface area contributed by atoms with Gasteiger partial charge in [0.1, 0.15) is 0 Å². The van der Waals surface area contributed by atoms with Crippen LogP contribution in [0.4, 0.5) is 5.69 Å². The van der Waals surface area contributed by atoms with Gasteiger partial charge < -0.3 is 14.4 Å². The zero-order valence-corrected chi connectivity index (χ0v) is 14.3. The number of rotatable bonds is 3. The lowest BCUT2D eigenvalue weighted by Gasteiger charge is -2.33. The third-order valence-electron chi connectivity index (χ3n) is 4.59. The van der Waals surface area contributed by atoms with Crippen LogP contribution in [0.5, 0.6) is 0 Å². The molecule has 2 radical (unpaired) electrons. The van der Waals surface area contributed by atoms with Crippen molar-refractivity contribution in [1.29, 1.82) is 0 Å². The van der Waals surface area contributed by atoms with Crippen LogP contribution in [0.2, 0.25) is 0 Å². The first-order chi connectivity index (χ1) is 10.2. The average Bonchev–Trinajstić information content (AvgIpc) is 2.67. The second-order valence-corrected chi connectivity index (χ2v) is 6.75. The Bertz CT molecular complexity index is 523. The number of hydrogen-bond acceptors (Lipinski definition) is 3. The Labute approximate surface area is 137 Å². The van der Waals surface area contributed by atoms with Gasteiger partial charge in [0.15, 0.2) is 7.98 Å². The maximum atomic E-state index is 6.00. The molecule has 5 heteroatoms. The quantitative estimate of drug-likeness (QED) is 0.780. The van der Waals surface area contributed by atoms with Gasteiger partial charge in [0.2, 0.25) is 0 Å². The zero-order chi connectivity index (χ0) is 14.8. The van der Waals surface area contributed by atoms with Crippen LogP contribution in [-0.4, -0.2) is 52.7 Å². The van der Waals surface area contributed by atoms with Crippen LogP contribution in [0, 0.1) is 0 Å². The van der Waals surface area contributed by atoms with E-state index in [1.807, 2.05) is 4.81 Å². The number of aryl methyl sites for hydroxylation is 1. The van der Waals surface area contributed by atoms with E-state index in [2.05, 4.69) is 26.9 Å². The fourth-order valence-electron chi connectivity index (χ4n) is 3.45. The summed E-state index contributed by atoms with van der Waals surface area (Å²) < 4.78 is 6.56. The fraction of sp³-hybridized carbons (Fsp3) is 0.625. The van der Waals surface area contributed by atoms with Crippen molar-refractivity contribution in [2.75, 3.05) is 44.8 Å². The second-order valence-electron chi connectivity index (χ2n) is 5.96. The number of fused-ring (bicyclic) bond motifs is 2. The van der Waals surface area contributed by atoms with Crippen molar-refractivity contribution in [2.24, 2.45) is 0 Å². The van der Waals surface area contributed by atoms with Gasteiger partial charge in [0.25, 0.3) is 0 Å². The number of benzene rings is 1. The van der Waals surface area contributed by atoms with Gasteiger partial charge in [-0.2, -0.15) is 0 Å². The molecule has 2 aliphatic rings. The van der Waals surface area contributed by atoms with Crippen LogP contribution in [0.15, 0.2) is 10.5 Å². The topological polar surface area (TPSA) is 15.7 Å². The molecule has 0 aliphatic carbocycles. The molecule has 2 aliphatic heterocycles. The highest BCUT2D eigenvalue weighted by molar-refractivity contribution is 9.10. The van der Waals surface area contributed by atoms with Gasteiger partial charge in [-0.15, -0.1) is 0 Å². The molecular formula is C16H22BBrN2O. The van der Waals surface area contributed by atoms with E-state index in [0.717, 1.165) is 45.6 Å². The third kappa shape index (κ3) is 3.15. The van der Waals surface area contributed by atoms with Gasteiger partial charge in [0, 0.05) is 24.7 Å². The van der Waals surface area contributed by atoms with Crippen molar-refractivity contribution in [2.45, 2.75) is 25.7 Å². The fourth-order valence-corrected chi connectivity index (χ4v) is 4.40. The monoisotopic (exact) mass is 348 g/mol.